The number of thioether (sulfide) groups is 2. The molecule has 0 saturated heterocycles. The van der Waals surface area contributed by atoms with Crippen LogP contribution in [0.1, 0.15) is 32.6 Å². The fraction of sp³-hybridized carbons (Fsp3) is 0.667. The quantitative estimate of drug-likeness (QED) is 0.583. The molecule has 8 nitrogen and oxygen atoms in total. The third-order valence-corrected chi connectivity index (χ3v) is 6.68. The molecule has 1 aliphatic carbocycles. The Kier molecular flexibility index (Phi) is 6.00. The smallest absolute Gasteiger partial charge is 0.336 e. The van der Waals surface area contributed by atoms with Gasteiger partial charge in [0.1, 0.15) is 0 Å². The van der Waals surface area contributed by atoms with E-state index < -0.39 is 0 Å². The summed E-state index contributed by atoms with van der Waals surface area (Å²) in [6.07, 6.45) is 4.32. The van der Waals surface area contributed by atoms with E-state index in [0.29, 0.717) is 27.6 Å². The van der Waals surface area contributed by atoms with E-state index in [-0.39, 0.29) is 23.5 Å². The van der Waals surface area contributed by atoms with Gasteiger partial charge in [0.05, 0.1) is 23.0 Å². The molecule has 0 bridgehead atoms. The third-order valence-electron chi connectivity index (χ3n) is 4.25. The molecule has 0 spiro atoms. The minimum absolute atomic E-state index is 0.170. The second-order valence-electron chi connectivity index (χ2n) is 5.93. The van der Waals surface area contributed by atoms with Crippen molar-refractivity contribution in [2.24, 2.45) is 13.0 Å². The highest BCUT2D eigenvalue weighted by Crippen LogP contribution is 2.48. The van der Waals surface area contributed by atoms with Gasteiger partial charge in [-0.2, -0.15) is 0 Å². The van der Waals surface area contributed by atoms with Crippen molar-refractivity contribution in [3.05, 3.63) is 10.6 Å². The summed E-state index contributed by atoms with van der Waals surface area (Å²) in [6, 6.07) is 0. The number of carbonyl (C=O) groups is 2. The predicted octanol–water partition coefficient (Wildman–Crippen LogP) is 1.50. The molecule has 0 aromatic carbocycles. The number of hydrogen-bond acceptors (Lipinski definition) is 8. The Hall–Kier alpha value is -1.55. The molecule has 1 aromatic rings. The van der Waals surface area contributed by atoms with E-state index in [1.165, 1.54) is 22.9 Å². The molecule has 2 atom stereocenters. The van der Waals surface area contributed by atoms with Gasteiger partial charge in [0.2, 0.25) is 11.1 Å². The Bertz CT molecular complexity index is 690. The predicted molar refractivity (Wildman–Crippen MR) is 94.7 cm³/mol. The number of aromatic nitrogens is 4. The number of hydrogen-bond donors (Lipinski definition) is 1. The van der Waals surface area contributed by atoms with Crippen LogP contribution in [0.3, 0.4) is 0 Å². The number of carbonyl (C=O) groups excluding carboxylic acids is 2. The van der Waals surface area contributed by atoms with Crippen molar-refractivity contribution in [1.29, 1.82) is 0 Å². The van der Waals surface area contributed by atoms with Gasteiger partial charge in [-0.05, 0) is 30.2 Å². The zero-order valence-electron chi connectivity index (χ0n) is 14.2. The largest absolute Gasteiger partial charge is 0.463 e. The average molecular weight is 383 g/mol. The molecular weight excluding hydrogens is 362 g/mol. The minimum Gasteiger partial charge on any atom is -0.463 e. The van der Waals surface area contributed by atoms with Crippen LogP contribution in [0.4, 0.5) is 0 Å². The van der Waals surface area contributed by atoms with Gasteiger partial charge in [-0.15, -0.1) is 16.9 Å². The minimum atomic E-state index is -0.301. The van der Waals surface area contributed by atoms with E-state index in [0.717, 1.165) is 19.3 Å². The van der Waals surface area contributed by atoms with Crippen LogP contribution >= 0.6 is 23.5 Å². The Morgan fingerprint density at radius 2 is 2.20 bits per heavy atom. The van der Waals surface area contributed by atoms with Gasteiger partial charge in [0.25, 0.3) is 0 Å². The molecule has 136 valence electrons. The maximum absolute atomic E-state index is 12.4. The molecule has 2 aliphatic rings. The van der Waals surface area contributed by atoms with Gasteiger partial charge >= 0.3 is 5.97 Å². The highest BCUT2D eigenvalue weighted by atomic mass is 32.2. The van der Waals surface area contributed by atoms with Crippen molar-refractivity contribution < 1.29 is 14.3 Å². The summed E-state index contributed by atoms with van der Waals surface area (Å²) >= 11 is 2.86. The van der Waals surface area contributed by atoms with Gasteiger partial charge in [0, 0.05) is 18.2 Å². The molecule has 1 N–H and O–H groups in total. The van der Waals surface area contributed by atoms with Crippen molar-refractivity contribution in [2.75, 3.05) is 12.4 Å². The topological polar surface area (TPSA) is 99.0 Å². The van der Waals surface area contributed by atoms with Crippen LogP contribution in [0, 0.1) is 5.92 Å². The maximum atomic E-state index is 12.4. The zero-order valence-corrected chi connectivity index (χ0v) is 15.9. The number of tetrazole rings is 1. The summed E-state index contributed by atoms with van der Waals surface area (Å²) in [6.45, 7) is 2.13. The van der Waals surface area contributed by atoms with Crippen molar-refractivity contribution in [2.45, 2.75) is 43.0 Å². The highest BCUT2D eigenvalue weighted by molar-refractivity contribution is 8.04. The Morgan fingerprint density at radius 1 is 1.40 bits per heavy atom. The lowest BCUT2D eigenvalue weighted by atomic mass is 9.84. The van der Waals surface area contributed by atoms with Crippen LogP contribution in [0.2, 0.25) is 0 Å². The van der Waals surface area contributed by atoms with Gasteiger partial charge in [-0.25, -0.2) is 9.48 Å². The Morgan fingerprint density at radius 3 is 2.92 bits per heavy atom. The number of esters is 1. The average Bonchev–Trinajstić information content (AvgIpc) is 3.16. The molecule has 1 aromatic heterocycles. The van der Waals surface area contributed by atoms with E-state index in [2.05, 4.69) is 20.8 Å². The maximum Gasteiger partial charge on any atom is 0.336 e. The summed E-state index contributed by atoms with van der Waals surface area (Å²) in [7, 11) is 1.72. The van der Waals surface area contributed by atoms with Crippen LogP contribution in [0.25, 0.3) is 0 Å². The fourth-order valence-electron chi connectivity index (χ4n) is 3.14. The summed E-state index contributed by atoms with van der Waals surface area (Å²) in [5.41, 5.74) is 0.648. The molecule has 1 aliphatic heterocycles. The van der Waals surface area contributed by atoms with Gasteiger partial charge in [0.15, 0.2) is 0 Å². The first kappa shape index (κ1) is 18.2. The van der Waals surface area contributed by atoms with Crippen LogP contribution in [0.5, 0.6) is 0 Å². The number of amides is 1. The van der Waals surface area contributed by atoms with Gasteiger partial charge in [-0.1, -0.05) is 24.6 Å². The second kappa shape index (κ2) is 8.22. The molecule has 10 heteroatoms. The summed E-state index contributed by atoms with van der Waals surface area (Å²) < 4.78 is 6.74. The molecule has 1 saturated carbocycles. The molecule has 1 fully saturated rings. The van der Waals surface area contributed by atoms with Crippen LogP contribution in [-0.2, 0) is 21.4 Å². The lowest BCUT2D eigenvalue weighted by Gasteiger charge is -2.25. The molecular formula is C15H21N5O3S2. The van der Waals surface area contributed by atoms with E-state index in [9.17, 15) is 9.59 Å². The highest BCUT2D eigenvalue weighted by Gasteiger charge is 2.41. The van der Waals surface area contributed by atoms with Gasteiger partial charge in [-0.3, -0.25) is 4.79 Å². The van der Waals surface area contributed by atoms with Crippen molar-refractivity contribution in [3.63, 3.8) is 0 Å². The van der Waals surface area contributed by atoms with Crippen LogP contribution in [-0.4, -0.2) is 49.7 Å². The van der Waals surface area contributed by atoms with Crippen molar-refractivity contribution >= 4 is 35.4 Å². The summed E-state index contributed by atoms with van der Waals surface area (Å²) in [5.74, 6) is -0.103. The fourth-order valence-corrected chi connectivity index (χ4v) is 5.35. The number of nitrogens with one attached hydrogen (secondary N) is 1. The van der Waals surface area contributed by atoms with E-state index in [1.807, 2.05) is 0 Å². The first-order valence-corrected chi connectivity index (χ1v) is 10.2. The number of rotatable bonds is 6. The van der Waals surface area contributed by atoms with E-state index >= 15 is 0 Å². The molecule has 1 amide bonds. The van der Waals surface area contributed by atoms with Crippen molar-refractivity contribution in [1.82, 2.24) is 25.5 Å². The monoisotopic (exact) mass is 383 g/mol. The van der Waals surface area contributed by atoms with E-state index in [4.69, 9.17) is 4.74 Å². The first-order valence-electron chi connectivity index (χ1n) is 8.33. The lowest BCUT2D eigenvalue weighted by molar-refractivity contribution is -0.139. The number of nitrogens with zero attached hydrogens (tertiary/aromatic N) is 4. The SMILES string of the molecule is CCOC(=O)C1=C(NC(=O)CSc2nnnn2C)S[C@@H]2CCCC[C@H]12. The zero-order chi connectivity index (χ0) is 17.8. The van der Waals surface area contributed by atoms with Gasteiger partial charge < -0.3 is 10.1 Å². The number of aryl methyl sites for hydroxylation is 1. The number of fused-ring (bicyclic) bond motifs is 1. The number of ether oxygens (including phenoxy) is 1. The van der Waals surface area contributed by atoms with Crippen LogP contribution < -0.4 is 5.32 Å². The molecule has 25 heavy (non-hydrogen) atoms. The van der Waals surface area contributed by atoms with Crippen LogP contribution in [0.15, 0.2) is 15.8 Å². The first-order chi connectivity index (χ1) is 12.1. The second-order valence-corrected chi connectivity index (χ2v) is 8.12. The lowest BCUT2D eigenvalue weighted by Crippen LogP contribution is -2.27. The molecule has 0 radical (unpaired) electrons. The van der Waals surface area contributed by atoms with Crippen molar-refractivity contribution in [3.8, 4) is 0 Å². The standard InChI is InChI=1S/C15H21N5O3S2/c1-3-23-14(22)12-9-6-4-5-7-10(9)25-13(12)16-11(21)8-24-15-17-18-19-20(15)2/h9-10H,3-8H2,1-2H3,(H,16,21)/t9-,10+/m0/s1. The summed E-state index contributed by atoms with van der Waals surface area (Å²) in [5, 5.41) is 15.6. The molecule has 0 unspecified atom stereocenters. The Labute approximate surface area is 154 Å². The Balaban J connectivity index is 1.68. The molecule has 3 rings (SSSR count). The normalized spacial score (nSPS) is 22.6. The summed E-state index contributed by atoms with van der Waals surface area (Å²) in [4.78, 5) is 24.7. The third kappa shape index (κ3) is 4.17. The molecule has 2 heterocycles. The van der Waals surface area contributed by atoms with E-state index in [1.54, 1.807) is 25.7 Å².